The number of esters is 1. The van der Waals surface area contributed by atoms with Crippen molar-refractivity contribution in [2.75, 3.05) is 26.7 Å². The largest absolute Gasteiger partial charge is 0.469 e. The van der Waals surface area contributed by atoms with Gasteiger partial charge in [-0.2, -0.15) is 0 Å². The third kappa shape index (κ3) is 3.23. The van der Waals surface area contributed by atoms with Gasteiger partial charge in [0.1, 0.15) is 0 Å². The van der Waals surface area contributed by atoms with E-state index in [1.54, 1.807) is 0 Å². The summed E-state index contributed by atoms with van der Waals surface area (Å²) in [5, 5.41) is 3.19. The van der Waals surface area contributed by atoms with Crippen molar-refractivity contribution in [3.8, 4) is 12.3 Å². The number of methoxy groups -OCH3 is 1. The molecule has 0 aromatic carbocycles. The molecular formula is C18H26N2O3. The molecule has 5 nitrogen and oxygen atoms in total. The van der Waals surface area contributed by atoms with E-state index in [0.29, 0.717) is 18.4 Å². The average molecular weight is 318 g/mol. The molecule has 126 valence electrons. The third-order valence-corrected chi connectivity index (χ3v) is 5.97. The van der Waals surface area contributed by atoms with E-state index in [-0.39, 0.29) is 29.8 Å². The molecule has 0 aromatic heterocycles. The number of fused-ring (bicyclic) bond motifs is 2. The van der Waals surface area contributed by atoms with Crippen molar-refractivity contribution in [1.29, 1.82) is 0 Å². The minimum Gasteiger partial charge on any atom is -0.469 e. The fourth-order valence-corrected chi connectivity index (χ4v) is 4.74. The molecule has 0 unspecified atom stereocenters. The van der Waals surface area contributed by atoms with Gasteiger partial charge in [0.15, 0.2) is 0 Å². The summed E-state index contributed by atoms with van der Waals surface area (Å²) in [5.41, 5.74) is 0. The van der Waals surface area contributed by atoms with Gasteiger partial charge in [-0.15, -0.1) is 6.42 Å². The number of carbonyl (C=O) groups is 2. The highest BCUT2D eigenvalue weighted by molar-refractivity contribution is 5.81. The highest BCUT2D eigenvalue weighted by atomic mass is 16.5. The van der Waals surface area contributed by atoms with Gasteiger partial charge in [0, 0.05) is 12.0 Å². The van der Waals surface area contributed by atoms with Crippen molar-refractivity contribution in [3.63, 3.8) is 0 Å². The topological polar surface area (TPSA) is 58.6 Å². The third-order valence-electron chi connectivity index (χ3n) is 5.97. The smallest absolute Gasteiger partial charge is 0.311 e. The maximum absolute atomic E-state index is 12.6. The zero-order valence-corrected chi connectivity index (χ0v) is 13.8. The number of nitrogens with one attached hydrogen (secondary N) is 1. The van der Waals surface area contributed by atoms with Gasteiger partial charge >= 0.3 is 5.97 Å². The number of ether oxygens (including phenoxy) is 1. The molecule has 0 spiro atoms. The second-order valence-electron chi connectivity index (χ2n) is 7.17. The van der Waals surface area contributed by atoms with Gasteiger partial charge in [-0.05, 0) is 57.0 Å². The van der Waals surface area contributed by atoms with Crippen molar-refractivity contribution in [1.82, 2.24) is 10.2 Å². The fraction of sp³-hybridized carbons (Fsp3) is 0.778. The van der Waals surface area contributed by atoms with E-state index < -0.39 is 0 Å². The molecule has 1 heterocycles. The number of hydrogen-bond donors (Lipinski definition) is 1. The summed E-state index contributed by atoms with van der Waals surface area (Å²) in [6, 6.07) is -0.0301. The normalized spacial score (nSPS) is 34.1. The molecule has 1 amide bonds. The van der Waals surface area contributed by atoms with Crippen LogP contribution < -0.4 is 5.32 Å². The first-order valence-corrected chi connectivity index (χ1v) is 8.68. The van der Waals surface area contributed by atoms with Crippen LogP contribution in [-0.2, 0) is 14.3 Å². The first-order valence-electron chi connectivity index (χ1n) is 8.68. The van der Waals surface area contributed by atoms with E-state index in [1.807, 2.05) is 0 Å². The quantitative estimate of drug-likeness (QED) is 0.621. The SMILES string of the molecule is C#CCN1CCC(C(=O)N[C@@H]2[C@H]3CC[C@@H](C3)[C@H]2C(=O)OC)CC1. The standard InChI is InChI=1S/C18H26N2O3/c1-3-8-20-9-6-12(7-10-20)17(21)19-16-14-5-4-13(11-14)15(16)18(22)23-2/h1,12-16H,4-11H2,2H3,(H,19,21)/t13-,14-,15+,16+/m0/s1. The van der Waals surface area contributed by atoms with Crippen LogP contribution in [0.15, 0.2) is 0 Å². The highest BCUT2D eigenvalue weighted by Gasteiger charge is 2.52. The monoisotopic (exact) mass is 318 g/mol. The molecule has 23 heavy (non-hydrogen) atoms. The van der Waals surface area contributed by atoms with Gasteiger partial charge in [-0.1, -0.05) is 5.92 Å². The number of amides is 1. The summed E-state index contributed by atoms with van der Waals surface area (Å²) in [6.45, 7) is 2.41. The van der Waals surface area contributed by atoms with Crippen LogP contribution in [0.3, 0.4) is 0 Å². The number of hydrogen-bond acceptors (Lipinski definition) is 4. The molecule has 1 aliphatic heterocycles. The van der Waals surface area contributed by atoms with E-state index in [0.717, 1.165) is 45.2 Å². The van der Waals surface area contributed by atoms with Crippen molar-refractivity contribution in [2.24, 2.45) is 23.7 Å². The van der Waals surface area contributed by atoms with E-state index in [2.05, 4.69) is 16.1 Å². The van der Waals surface area contributed by atoms with E-state index in [9.17, 15) is 9.59 Å². The summed E-state index contributed by atoms with van der Waals surface area (Å²) in [5.74, 6) is 3.32. The lowest BCUT2D eigenvalue weighted by Crippen LogP contribution is -2.50. The van der Waals surface area contributed by atoms with Crippen LogP contribution in [-0.4, -0.2) is 49.6 Å². The Bertz CT molecular complexity index is 505. The molecule has 3 fully saturated rings. The van der Waals surface area contributed by atoms with E-state index in [1.165, 1.54) is 7.11 Å². The number of terminal acetylenes is 1. The second kappa shape index (κ2) is 6.92. The number of piperidine rings is 1. The first kappa shape index (κ1) is 16.3. The number of likely N-dealkylation sites (tertiary alicyclic amines) is 1. The number of carbonyl (C=O) groups excluding carboxylic acids is 2. The Balaban J connectivity index is 1.57. The molecule has 2 aliphatic carbocycles. The Kier molecular flexibility index (Phi) is 4.91. The summed E-state index contributed by atoms with van der Waals surface area (Å²) in [4.78, 5) is 26.9. The predicted molar refractivity (Wildman–Crippen MR) is 86.3 cm³/mol. The first-order chi connectivity index (χ1) is 11.1. The second-order valence-corrected chi connectivity index (χ2v) is 7.17. The lowest BCUT2D eigenvalue weighted by molar-refractivity contribution is -0.148. The minimum atomic E-state index is -0.161. The van der Waals surface area contributed by atoms with E-state index >= 15 is 0 Å². The molecule has 4 atom stereocenters. The Hall–Kier alpha value is -1.54. The van der Waals surface area contributed by atoms with Gasteiger partial charge in [0.05, 0.1) is 19.6 Å². The van der Waals surface area contributed by atoms with Crippen LogP contribution in [0.25, 0.3) is 0 Å². The summed E-state index contributed by atoms with van der Waals surface area (Å²) < 4.78 is 4.97. The molecule has 0 radical (unpaired) electrons. The summed E-state index contributed by atoms with van der Waals surface area (Å²) in [7, 11) is 1.44. The van der Waals surface area contributed by atoms with Crippen molar-refractivity contribution in [3.05, 3.63) is 0 Å². The van der Waals surface area contributed by atoms with Gasteiger partial charge in [-0.25, -0.2) is 0 Å². The fourth-order valence-electron chi connectivity index (χ4n) is 4.74. The molecule has 0 aromatic rings. The van der Waals surface area contributed by atoms with Crippen LogP contribution in [0.1, 0.15) is 32.1 Å². The Morgan fingerprint density at radius 3 is 2.57 bits per heavy atom. The molecule has 1 N–H and O–H groups in total. The summed E-state index contributed by atoms with van der Waals surface area (Å²) in [6.07, 6.45) is 10.3. The molecule has 2 bridgehead atoms. The lowest BCUT2D eigenvalue weighted by atomic mass is 9.83. The van der Waals surface area contributed by atoms with E-state index in [4.69, 9.17) is 11.2 Å². The Labute approximate surface area is 138 Å². The van der Waals surface area contributed by atoms with Crippen LogP contribution in [0.5, 0.6) is 0 Å². The molecule has 1 saturated heterocycles. The predicted octanol–water partition coefficient (Wildman–Crippen LogP) is 1.04. The van der Waals surface area contributed by atoms with Crippen molar-refractivity contribution in [2.45, 2.75) is 38.1 Å². The molecule has 5 heteroatoms. The van der Waals surface area contributed by atoms with Gasteiger partial charge in [0.2, 0.25) is 5.91 Å². The Morgan fingerprint density at radius 1 is 1.22 bits per heavy atom. The molecule has 2 saturated carbocycles. The molecular weight excluding hydrogens is 292 g/mol. The maximum atomic E-state index is 12.6. The van der Waals surface area contributed by atoms with Crippen LogP contribution in [0.4, 0.5) is 0 Å². The summed E-state index contributed by atoms with van der Waals surface area (Å²) >= 11 is 0. The van der Waals surface area contributed by atoms with Crippen LogP contribution in [0, 0.1) is 36.0 Å². The molecule has 3 rings (SSSR count). The number of nitrogens with zero attached hydrogens (tertiary/aromatic N) is 1. The highest BCUT2D eigenvalue weighted by Crippen LogP contribution is 2.49. The average Bonchev–Trinajstić information content (AvgIpc) is 3.16. The maximum Gasteiger partial charge on any atom is 0.311 e. The van der Waals surface area contributed by atoms with Crippen molar-refractivity contribution >= 4 is 11.9 Å². The van der Waals surface area contributed by atoms with Gasteiger partial charge in [-0.3, -0.25) is 14.5 Å². The lowest BCUT2D eigenvalue weighted by Gasteiger charge is -2.34. The van der Waals surface area contributed by atoms with Crippen molar-refractivity contribution < 1.29 is 14.3 Å². The zero-order valence-electron chi connectivity index (χ0n) is 13.8. The van der Waals surface area contributed by atoms with Gasteiger partial charge < -0.3 is 10.1 Å². The minimum absolute atomic E-state index is 0.0301. The van der Waals surface area contributed by atoms with Crippen LogP contribution in [0.2, 0.25) is 0 Å². The number of rotatable bonds is 4. The zero-order chi connectivity index (χ0) is 16.4. The molecule has 3 aliphatic rings. The van der Waals surface area contributed by atoms with Gasteiger partial charge in [0.25, 0.3) is 0 Å². The Morgan fingerprint density at radius 2 is 1.91 bits per heavy atom. The van der Waals surface area contributed by atoms with Crippen LogP contribution >= 0.6 is 0 Å².